The Bertz CT molecular complexity index is 1230. The van der Waals surface area contributed by atoms with Gasteiger partial charge in [-0.2, -0.15) is 0 Å². The molecule has 1 aliphatic carbocycles. The van der Waals surface area contributed by atoms with Crippen molar-refractivity contribution in [1.82, 2.24) is 14.5 Å². The van der Waals surface area contributed by atoms with Crippen molar-refractivity contribution in [3.63, 3.8) is 0 Å². The summed E-state index contributed by atoms with van der Waals surface area (Å²) in [5.41, 5.74) is 3.58. The van der Waals surface area contributed by atoms with E-state index in [-0.39, 0.29) is 0 Å². The minimum Gasteiger partial charge on any atom is -0.306 e. The van der Waals surface area contributed by atoms with Gasteiger partial charge in [-0.3, -0.25) is 10.1 Å². The van der Waals surface area contributed by atoms with Crippen LogP contribution in [0.25, 0.3) is 16.1 Å². The molecule has 1 N–H and O–H groups in total. The first-order valence-corrected chi connectivity index (χ1v) is 10.3. The van der Waals surface area contributed by atoms with Gasteiger partial charge < -0.3 is 4.57 Å². The molecule has 0 saturated heterocycles. The number of fused-ring (bicyclic) bond motifs is 3. The number of carbonyl (C=O) groups is 1. The molecular formula is C22H16F2N4OS. The van der Waals surface area contributed by atoms with Gasteiger partial charge in [-0.15, -0.1) is 0 Å². The molecule has 2 aromatic heterocycles. The number of aromatic nitrogens is 3. The number of anilines is 1. The molecule has 2 heterocycles. The highest BCUT2D eigenvalue weighted by atomic mass is 32.1. The van der Waals surface area contributed by atoms with Crippen LogP contribution < -0.4 is 5.32 Å². The topological polar surface area (TPSA) is 59.8 Å². The van der Waals surface area contributed by atoms with E-state index in [1.165, 1.54) is 23.0 Å². The van der Waals surface area contributed by atoms with Crippen molar-refractivity contribution < 1.29 is 13.6 Å². The molecule has 0 spiro atoms. The summed E-state index contributed by atoms with van der Waals surface area (Å²) in [6, 6.07) is 9.55. The van der Waals surface area contributed by atoms with Crippen molar-refractivity contribution in [2.75, 3.05) is 5.32 Å². The molecule has 2 aromatic carbocycles. The van der Waals surface area contributed by atoms with Gasteiger partial charge in [0.15, 0.2) is 5.13 Å². The number of benzene rings is 2. The summed E-state index contributed by atoms with van der Waals surface area (Å²) >= 11 is 1.32. The second-order valence-electron chi connectivity index (χ2n) is 7.01. The monoisotopic (exact) mass is 422 g/mol. The average Bonchev–Trinajstić information content (AvgIpc) is 3.35. The maximum absolute atomic E-state index is 13.9. The van der Waals surface area contributed by atoms with E-state index in [2.05, 4.69) is 27.4 Å². The minimum absolute atomic E-state index is 0.333. The summed E-state index contributed by atoms with van der Waals surface area (Å²) in [5.74, 6) is -2.64. The second kappa shape index (κ2) is 7.46. The highest BCUT2D eigenvalue weighted by Crippen LogP contribution is 2.39. The fourth-order valence-corrected chi connectivity index (χ4v) is 4.75. The van der Waals surface area contributed by atoms with E-state index in [4.69, 9.17) is 0 Å². The number of amides is 1. The van der Waals surface area contributed by atoms with Crippen LogP contribution in [0.1, 0.15) is 28.0 Å². The zero-order valence-corrected chi connectivity index (χ0v) is 16.5. The van der Waals surface area contributed by atoms with Gasteiger partial charge in [-0.25, -0.2) is 18.7 Å². The van der Waals surface area contributed by atoms with Crippen LogP contribution in [0.15, 0.2) is 55.1 Å². The third-order valence-corrected chi connectivity index (χ3v) is 6.15. The minimum atomic E-state index is -0.900. The number of halogens is 2. The van der Waals surface area contributed by atoms with Gasteiger partial charge in [0, 0.05) is 18.1 Å². The van der Waals surface area contributed by atoms with Crippen LogP contribution >= 0.6 is 11.3 Å². The number of hydrogen-bond donors (Lipinski definition) is 1. The molecular weight excluding hydrogens is 406 g/mol. The average molecular weight is 422 g/mol. The van der Waals surface area contributed by atoms with Crippen molar-refractivity contribution in [3.8, 4) is 16.1 Å². The number of nitrogens with zero attached hydrogens (tertiary/aromatic N) is 3. The zero-order chi connectivity index (χ0) is 20.7. The predicted molar refractivity (Wildman–Crippen MR) is 111 cm³/mol. The fourth-order valence-electron chi connectivity index (χ4n) is 3.69. The summed E-state index contributed by atoms with van der Waals surface area (Å²) in [7, 11) is 0. The molecule has 0 unspecified atom stereocenters. The molecule has 30 heavy (non-hydrogen) atoms. The van der Waals surface area contributed by atoms with E-state index >= 15 is 0 Å². The van der Waals surface area contributed by atoms with Gasteiger partial charge >= 0.3 is 0 Å². The van der Waals surface area contributed by atoms with Crippen LogP contribution in [0.5, 0.6) is 0 Å². The molecule has 5 rings (SSSR count). The lowest BCUT2D eigenvalue weighted by atomic mass is 10.0. The third-order valence-electron chi connectivity index (χ3n) is 5.10. The van der Waals surface area contributed by atoms with Crippen molar-refractivity contribution in [2.24, 2.45) is 0 Å². The van der Waals surface area contributed by atoms with E-state index in [1.807, 2.05) is 16.8 Å². The molecule has 5 nitrogen and oxygen atoms in total. The molecule has 0 saturated carbocycles. The first-order valence-electron chi connectivity index (χ1n) is 9.47. The lowest BCUT2D eigenvalue weighted by Gasteiger charge is -2.09. The van der Waals surface area contributed by atoms with Gasteiger partial charge in [-0.1, -0.05) is 23.5 Å². The fraction of sp³-hybridized carbons (Fsp3) is 0.136. The number of hydrogen-bond acceptors (Lipinski definition) is 4. The number of aryl methyl sites for hydroxylation is 2. The molecule has 4 aromatic rings. The molecule has 1 amide bonds. The van der Waals surface area contributed by atoms with E-state index in [0.29, 0.717) is 5.13 Å². The first kappa shape index (κ1) is 18.6. The Balaban J connectivity index is 1.48. The third kappa shape index (κ3) is 3.29. The van der Waals surface area contributed by atoms with Gasteiger partial charge in [0.05, 0.1) is 16.9 Å². The molecule has 150 valence electrons. The normalized spacial score (nSPS) is 12.7. The van der Waals surface area contributed by atoms with Gasteiger partial charge in [-0.05, 0) is 54.7 Å². The van der Waals surface area contributed by atoms with Gasteiger partial charge in [0.2, 0.25) is 0 Å². The molecule has 0 aliphatic heterocycles. The van der Waals surface area contributed by atoms with Crippen molar-refractivity contribution in [2.45, 2.75) is 19.3 Å². The Kier molecular flexibility index (Phi) is 4.63. The standard InChI is InChI=1S/C22H16F2N4OS/c23-16-4-2-5-17(24)19(16)21(29)27-22-26-18-6-1-3-13-11-14(28-10-9-25-12-28)7-8-15(13)20(18)30-22/h2,4-5,7-12H,1,3,6H2,(H,26,27,29). The Labute approximate surface area is 175 Å². The maximum Gasteiger partial charge on any atom is 0.263 e. The van der Waals surface area contributed by atoms with Crippen LogP contribution in [-0.2, 0) is 12.8 Å². The molecule has 1 aliphatic rings. The lowest BCUT2D eigenvalue weighted by Crippen LogP contribution is -2.15. The quantitative estimate of drug-likeness (QED) is 0.505. The van der Waals surface area contributed by atoms with Crippen LogP contribution in [0.3, 0.4) is 0 Å². The molecule has 0 radical (unpaired) electrons. The summed E-state index contributed by atoms with van der Waals surface area (Å²) in [4.78, 5) is 22.0. The SMILES string of the molecule is O=C(Nc1nc2c(s1)-c1ccc(-n3ccnc3)cc1CCC2)c1c(F)cccc1F. The number of rotatable bonds is 3. The zero-order valence-electron chi connectivity index (χ0n) is 15.7. The molecule has 0 atom stereocenters. The second-order valence-corrected chi connectivity index (χ2v) is 8.01. The first-order chi connectivity index (χ1) is 14.6. The number of imidazole rings is 1. The summed E-state index contributed by atoms with van der Waals surface area (Å²) in [6.07, 6.45) is 8.00. The summed E-state index contributed by atoms with van der Waals surface area (Å²) < 4.78 is 29.8. The van der Waals surface area contributed by atoms with E-state index in [1.54, 1.807) is 12.5 Å². The largest absolute Gasteiger partial charge is 0.306 e. The van der Waals surface area contributed by atoms with Crippen molar-refractivity contribution >= 4 is 22.4 Å². The number of nitrogens with one attached hydrogen (secondary N) is 1. The maximum atomic E-state index is 13.9. The summed E-state index contributed by atoms with van der Waals surface area (Å²) in [5, 5.41) is 2.89. The van der Waals surface area contributed by atoms with Crippen molar-refractivity contribution in [3.05, 3.63) is 83.6 Å². The van der Waals surface area contributed by atoms with Gasteiger partial charge in [0.25, 0.3) is 5.91 Å². The Morgan fingerprint density at radius 1 is 1.13 bits per heavy atom. The van der Waals surface area contributed by atoms with Gasteiger partial charge in [0.1, 0.15) is 17.2 Å². The van der Waals surface area contributed by atoms with E-state index in [0.717, 1.165) is 53.2 Å². The molecule has 0 bridgehead atoms. The van der Waals surface area contributed by atoms with Crippen LogP contribution in [0.2, 0.25) is 0 Å². The number of thiazole rings is 1. The lowest BCUT2D eigenvalue weighted by molar-refractivity contribution is 0.101. The molecule has 0 fully saturated rings. The van der Waals surface area contributed by atoms with E-state index in [9.17, 15) is 13.6 Å². The smallest absolute Gasteiger partial charge is 0.263 e. The Morgan fingerprint density at radius 3 is 2.73 bits per heavy atom. The van der Waals surface area contributed by atoms with Crippen LogP contribution in [0, 0.1) is 11.6 Å². The van der Waals surface area contributed by atoms with Crippen molar-refractivity contribution in [1.29, 1.82) is 0 Å². The van der Waals surface area contributed by atoms with Crippen LogP contribution in [0.4, 0.5) is 13.9 Å². The highest BCUT2D eigenvalue weighted by Gasteiger charge is 2.23. The molecule has 8 heteroatoms. The number of carbonyl (C=O) groups excluding carboxylic acids is 1. The Hall–Kier alpha value is -3.39. The summed E-state index contributed by atoms with van der Waals surface area (Å²) in [6.45, 7) is 0. The predicted octanol–water partition coefficient (Wildman–Crippen LogP) is 5.02. The Morgan fingerprint density at radius 2 is 1.97 bits per heavy atom. The highest BCUT2D eigenvalue weighted by molar-refractivity contribution is 7.19. The van der Waals surface area contributed by atoms with Crippen LogP contribution in [-0.4, -0.2) is 20.4 Å². The van der Waals surface area contributed by atoms with E-state index < -0.39 is 23.1 Å².